The molecule has 2 rings (SSSR count). The second-order valence-corrected chi connectivity index (χ2v) is 3.14. The van der Waals surface area contributed by atoms with Gasteiger partial charge in [-0.05, 0) is 12.8 Å². The van der Waals surface area contributed by atoms with Crippen molar-refractivity contribution in [2.45, 2.75) is 19.4 Å². The van der Waals surface area contributed by atoms with Crippen LogP contribution in [-0.4, -0.2) is 29.5 Å². The molecule has 1 aromatic heterocycles. The molecule has 1 aliphatic rings. The van der Waals surface area contributed by atoms with Crippen LogP contribution in [0.5, 0.6) is 5.88 Å². The van der Waals surface area contributed by atoms with Crippen molar-refractivity contribution < 1.29 is 14.3 Å². The molecule has 0 spiro atoms. The van der Waals surface area contributed by atoms with E-state index < -0.39 is 5.97 Å². The maximum Gasteiger partial charge on any atom is 0.358 e. The van der Waals surface area contributed by atoms with E-state index in [0.717, 1.165) is 19.4 Å². The van der Waals surface area contributed by atoms with Crippen LogP contribution >= 0.6 is 0 Å². The van der Waals surface area contributed by atoms with E-state index in [-0.39, 0.29) is 0 Å². The SMILES string of the molecule is COC(=O)c1cc2n(n1)CCCCO2. The number of rotatable bonds is 1. The zero-order valence-electron chi connectivity index (χ0n) is 8.02. The number of ether oxygens (including phenoxy) is 2. The number of methoxy groups -OCH3 is 1. The Hall–Kier alpha value is -1.52. The molecule has 0 saturated carbocycles. The Balaban J connectivity index is 2.26. The molecule has 0 aromatic carbocycles. The Morgan fingerprint density at radius 3 is 3.29 bits per heavy atom. The second-order valence-electron chi connectivity index (χ2n) is 3.14. The molecular weight excluding hydrogens is 184 g/mol. The maximum absolute atomic E-state index is 11.2. The summed E-state index contributed by atoms with van der Waals surface area (Å²) >= 11 is 0. The first-order valence-corrected chi connectivity index (χ1v) is 4.60. The summed E-state index contributed by atoms with van der Waals surface area (Å²) in [6.45, 7) is 1.48. The first-order valence-electron chi connectivity index (χ1n) is 4.60. The van der Waals surface area contributed by atoms with Gasteiger partial charge in [0.2, 0.25) is 5.88 Å². The lowest BCUT2D eigenvalue weighted by Gasteiger charge is -2.00. The molecule has 0 atom stereocenters. The van der Waals surface area contributed by atoms with Gasteiger partial charge in [0.1, 0.15) is 0 Å². The molecule has 0 saturated heterocycles. The molecule has 0 N–H and O–H groups in total. The van der Waals surface area contributed by atoms with Gasteiger partial charge in [-0.1, -0.05) is 0 Å². The van der Waals surface area contributed by atoms with Crippen molar-refractivity contribution in [2.24, 2.45) is 0 Å². The Bertz CT molecular complexity index is 322. The summed E-state index contributed by atoms with van der Waals surface area (Å²) in [5.74, 6) is 0.233. The van der Waals surface area contributed by atoms with E-state index in [2.05, 4.69) is 9.84 Å². The number of nitrogens with zero attached hydrogens (tertiary/aromatic N) is 2. The zero-order valence-corrected chi connectivity index (χ0v) is 8.02. The summed E-state index contributed by atoms with van der Waals surface area (Å²) in [7, 11) is 1.34. The molecule has 0 radical (unpaired) electrons. The van der Waals surface area contributed by atoms with Crippen LogP contribution in [0.4, 0.5) is 0 Å². The van der Waals surface area contributed by atoms with Gasteiger partial charge in [0.25, 0.3) is 0 Å². The van der Waals surface area contributed by atoms with E-state index in [1.54, 1.807) is 10.7 Å². The Labute approximate surface area is 81.6 Å². The third-order valence-electron chi connectivity index (χ3n) is 2.15. The Morgan fingerprint density at radius 1 is 1.64 bits per heavy atom. The van der Waals surface area contributed by atoms with Crippen molar-refractivity contribution >= 4 is 5.97 Å². The first kappa shape index (κ1) is 9.05. The molecule has 1 aromatic rings. The van der Waals surface area contributed by atoms with Crippen molar-refractivity contribution in [2.75, 3.05) is 13.7 Å². The fourth-order valence-electron chi connectivity index (χ4n) is 1.42. The lowest BCUT2D eigenvalue weighted by atomic mass is 10.3. The first-order chi connectivity index (χ1) is 6.81. The fraction of sp³-hybridized carbons (Fsp3) is 0.556. The van der Waals surface area contributed by atoms with Gasteiger partial charge in [-0.15, -0.1) is 0 Å². The van der Waals surface area contributed by atoms with E-state index in [0.29, 0.717) is 18.2 Å². The monoisotopic (exact) mass is 196 g/mol. The number of aryl methyl sites for hydroxylation is 1. The smallest absolute Gasteiger partial charge is 0.358 e. The molecule has 5 nitrogen and oxygen atoms in total. The molecule has 0 aliphatic carbocycles. The molecule has 0 fully saturated rings. The summed E-state index contributed by atoms with van der Waals surface area (Å²) in [5, 5.41) is 4.10. The minimum Gasteiger partial charge on any atom is -0.478 e. The van der Waals surface area contributed by atoms with Crippen LogP contribution in [0, 0.1) is 0 Å². The van der Waals surface area contributed by atoms with Crippen LogP contribution in [-0.2, 0) is 11.3 Å². The maximum atomic E-state index is 11.2. The average molecular weight is 196 g/mol. The molecule has 2 heterocycles. The summed E-state index contributed by atoms with van der Waals surface area (Å²) in [4.78, 5) is 11.2. The number of carbonyl (C=O) groups excluding carboxylic acids is 1. The summed E-state index contributed by atoms with van der Waals surface area (Å²) in [6.07, 6.45) is 2.05. The van der Waals surface area contributed by atoms with Crippen LogP contribution in [0.1, 0.15) is 23.3 Å². The van der Waals surface area contributed by atoms with Gasteiger partial charge in [0.15, 0.2) is 5.69 Å². The van der Waals surface area contributed by atoms with Crippen molar-refractivity contribution in [1.82, 2.24) is 9.78 Å². The average Bonchev–Trinajstić information content (AvgIpc) is 2.49. The van der Waals surface area contributed by atoms with E-state index in [9.17, 15) is 4.79 Å². The highest BCUT2D eigenvalue weighted by atomic mass is 16.5. The van der Waals surface area contributed by atoms with E-state index in [4.69, 9.17) is 4.74 Å². The lowest BCUT2D eigenvalue weighted by Crippen LogP contribution is -2.05. The van der Waals surface area contributed by atoms with Gasteiger partial charge in [0.05, 0.1) is 13.7 Å². The van der Waals surface area contributed by atoms with Crippen molar-refractivity contribution in [3.63, 3.8) is 0 Å². The highest BCUT2D eigenvalue weighted by Gasteiger charge is 2.16. The molecule has 14 heavy (non-hydrogen) atoms. The normalized spacial score (nSPS) is 15.2. The quantitative estimate of drug-likeness (QED) is 0.624. The van der Waals surface area contributed by atoms with Gasteiger partial charge in [-0.2, -0.15) is 5.10 Å². The Kier molecular flexibility index (Phi) is 2.39. The summed E-state index contributed by atoms with van der Waals surface area (Å²) < 4.78 is 11.7. The fourth-order valence-corrected chi connectivity index (χ4v) is 1.42. The predicted octanol–water partition coefficient (Wildman–Crippen LogP) is 0.842. The standard InChI is InChI=1S/C9H12N2O3/c1-13-9(12)7-6-8-11(10-7)4-2-3-5-14-8/h6H,2-5H2,1H3. The predicted molar refractivity (Wildman–Crippen MR) is 48.3 cm³/mol. The molecule has 0 amide bonds. The second kappa shape index (κ2) is 3.69. The third kappa shape index (κ3) is 1.57. The molecule has 76 valence electrons. The largest absolute Gasteiger partial charge is 0.478 e. The zero-order chi connectivity index (χ0) is 9.97. The van der Waals surface area contributed by atoms with Gasteiger partial charge >= 0.3 is 5.97 Å². The van der Waals surface area contributed by atoms with Crippen LogP contribution in [0.3, 0.4) is 0 Å². The molecular formula is C9H12N2O3. The highest BCUT2D eigenvalue weighted by molar-refractivity contribution is 5.87. The summed E-state index contributed by atoms with van der Waals surface area (Å²) in [5.41, 5.74) is 0.310. The minimum atomic E-state index is -0.422. The van der Waals surface area contributed by atoms with Gasteiger partial charge in [0, 0.05) is 12.6 Å². The number of hydrogen-bond acceptors (Lipinski definition) is 4. The number of hydrogen-bond donors (Lipinski definition) is 0. The topological polar surface area (TPSA) is 53.4 Å². The highest BCUT2D eigenvalue weighted by Crippen LogP contribution is 2.18. The molecule has 1 aliphatic heterocycles. The van der Waals surface area contributed by atoms with Crippen LogP contribution < -0.4 is 4.74 Å². The number of fused-ring (bicyclic) bond motifs is 1. The molecule has 0 bridgehead atoms. The van der Waals surface area contributed by atoms with Crippen molar-refractivity contribution in [3.05, 3.63) is 11.8 Å². The summed E-state index contributed by atoms with van der Waals surface area (Å²) in [6, 6.07) is 1.62. The van der Waals surface area contributed by atoms with Gasteiger partial charge in [-0.25, -0.2) is 9.48 Å². The Morgan fingerprint density at radius 2 is 2.50 bits per heavy atom. The van der Waals surface area contributed by atoms with Gasteiger partial charge in [-0.3, -0.25) is 0 Å². The number of esters is 1. The van der Waals surface area contributed by atoms with Crippen molar-refractivity contribution in [3.8, 4) is 5.88 Å². The van der Waals surface area contributed by atoms with E-state index in [1.807, 2.05) is 0 Å². The van der Waals surface area contributed by atoms with Crippen LogP contribution in [0.25, 0.3) is 0 Å². The van der Waals surface area contributed by atoms with Crippen LogP contribution in [0.15, 0.2) is 6.07 Å². The lowest BCUT2D eigenvalue weighted by molar-refractivity contribution is 0.0593. The van der Waals surface area contributed by atoms with Crippen molar-refractivity contribution in [1.29, 1.82) is 0 Å². The number of aromatic nitrogens is 2. The van der Waals surface area contributed by atoms with E-state index >= 15 is 0 Å². The molecule has 5 heteroatoms. The molecule has 0 unspecified atom stereocenters. The van der Waals surface area contributed by atoms with E-state index in [1.165, 1.54) is 7.11 Å². The number of carbonyl (C=O) groups is 1. The minimum absolute atomic E-state index is 0.310. The van der Waals surface area contributed by atoms with Crippen LogP contribution in [0.2, 0.25) is 0 Å². The van der Waals surface area contributed by atoms with Gasteiger partial charge < -0.3 is 9.47 Å². The third-order valence-corrected chi connectivity index (χ3v) is 2.15.